The van der Waals surface area contributed by atoms with Gasteiger partial charge in [0.05, 0.1) is 0 Å². The van der Waals surface area contributed by atoms with E-state index in [-0.39, 0.29) is 0 Å². The Kier molecular flexibility index (Phi) is 5.91. The normalized spacial score (nSPS) is 13.3. The van der Waals surface area contributed by atoms with Gasteiger partial charge in [0.1, 0.15) is 0 Å². The van der Waals surface area contributed by atoms with E-state index < -0.39 is 0 Å². The topological polar surface area (TPSA) is 15.3 Å². The van der Waals surface area contributed by atoms with Gasteiger partial charge in [-0.05, 0) is 55.9 Å². The first-order valence-electron chi connectivity index (χ1n) is 5.65. The van der Waals surface area contributed by atoms with Gasteiger partial charge in [0.2, 0.25) is 0 Å². The summed E-state index contributed by atoms with van der Waals surface area (Å²) in [5.74, 6) is 0. The zero-order valence-electron chi connectivity index (χ0n) is 9.99. The average Bonchev–Trinajstić information content (AvgIpc) is 2.70. The van der Waals surface area contributed by atoms with Crippen molar-refractivity contribution in [2.24, 2.45) is 0 Å². The molecule has 0 aliphatic heterocycles. The minimum absolute atomic E-state index is 0.577. The van der Waals surface area contributed by atoms with E-state index >= 15 is 0 Å². The molecule has 0 aliphatic rings. The van der Waals surface area contributed by atoms with Gasteiger partial charge in [0, 0.05) is 12.6 Å². The molecule has 1 aromatic heterocycles. The minimum atomic E-state index is 0.577. The number of nitrogens with one attached hydrogen (secondary N) is 1. The van der Waals surface area contributed by atoms with Crippen LogP contribution < -0.4 is 5.32 Å². The van der Waals surface area contributed by atoms with Crippen LogP contribution in [0.15, 0.2) is 16.8 Å². The highest BCUT2D eigenvalue weighted by Gasteiger charge is 2.03. The van der Waals surface area contributed by atoms with Crippen LogP contribution >= 0.6 is 11.3 Å². The van der Waals surface area contributed by atoms with Crippen molar-refractivity contribution in [1.29, 1.82) is 0 Å². The number of hydrogen-bond donors (Lipinski definition) is 1. The second kappa shape index (κ2) is 6.99. The Morgan fingerprint density at radius 1 is 1.53 bits per heavy atom. The van der Waals surface area contributed by atoms with Gasteiger partial charge < -0.3 is 10.2 Å². The molecule has 0 spiro atoms. The highest BCUT2D eigenvalue weighted by Crippen LogP contribution is 2.05. The summed E-state index contributed by atoms with van der Waals surface area (Å²) >= 11 is 1.78. The van der Waals surface area contributed by atoms with Crippen molar-refractivity contribution in [3.8, 4) is 0 Å². The van der Waals surface area contributed by atoms with E-state index in [0.29, 0.717) is 6.04 Å². The summed E-state index contributed by atoms with van der Waals surface area (Å²) in [5, 5.41) is 7.92. The van der Waals surface area contributed by atoms with Gasteiger partial charge in [-0.2, -0.15) is 11.3 Å². The molecule has 1 unspecified atom stereocenters. The molecule has 2 nitrogen and oxygen atoms in total. The molecule has 0 amide bonds. The highest BCUT2D eigenvalue weighted by atomic mass is 32.1. The van der Waals surface area contributed by atoms with Gasteiger partial charge in [-0.1, -0.05) is 6.92 Å². The molecule has 0 aromatic carbocycles. The Morgan fingerprint density at radius 3 is 2.93 bits per heavy atom. The summed E-state index contributed by atoms with van der Waals surface area (Å²) in [6, 6.07) is 2.78. The first-order chi connectivity index (χ1) is 7.22. The lowest BCUT2D eigenvalue weighted by Gasteiger charge is -2.20. The lowest BCUT2D eigenvalue weighted by molar-refractivity contribution is 0.311. The molecule has 86 valence electrons. The molecule has 1 rings (SSSR count). The molecule has 1 N–H and O–H groups in total. The molecule has 0 fully saturated rings. The van der Waals surface area contributed by atoms with Gasteiger partial charge >= 0.3 is 0 Å². The van der Waals surface area contributed by atoms with Crippen LogP contribution in [0.2, 0.25) is 0 Å². The van der Waals surface area contributed by atoms with Crippen molar-refractivity contribution in [1.82, 2.24) is 10.2 Å². The Balaban J connectivity index is 2.09. The second-order valence-electron chi connectivity index (χ2n) is 4.09. The van der Waals surface area contributed by atoms with Crippen LogP contribution in [0.4, 0.5) is 0 Å². The SMILES string of the molecule is CCN(C)CC(C)NCCc1ccsc1. The Labute approximate surface area is 97.3 Å². The lowest BCUT2D eigenvalue weighted by Crippen LogP contribution is -2.38. The smallest absolute Gasteiger partial charge is 0.0166 e. The third kappa shape index (κ3) is 5.30. The molecule has 0 saturated carbocycles. The third-order valence-corrected chi connectivity index (χ3v) is 3.34. The van der Waals surface area contributed by atoms with Crippen molar-refractivity contribution in [2.75, 3.05) is 26.7 Å². The number of rotatable bonds is 7. The lowest BCUT2D eigenvalue weighted by atomic mass is 10.2. The van der Waals surface area contributed by atoms with Gasteiger partial charge in [-0.25, -0.2) is 0 Å². The van der Waals surface area contributed by atoms with E-state index in [9.17, 15) is 0 Å². The van der Waals surface area contributed by atoms with Crippen LogP contribution in [-0.2, 0) is 6.42 Å². The average molecular weight is 226 g/mol. The number of nitrogens with zero attached hydrogens (tertiary/aromatic N) is 1. The number of likely N-dealkylation sites (N-methyl/N-ethyl adjacent to an activating group) is 1. The predicted octanol–water partition coefficient (Wildman–Crippen LogP) is 2.22. The first kappa shape index (κ1) is 12.7. The summed E-state index contributed by atoms with van der Waals surface area (Å²) in [4.78, 5) is 2.34. The molecule has 0 aliphatic carbocycles. The van der Waals surface area contributed by atoms with Gasteiger partial charge in [-0.3, -0.25) is 0 Å². The molecule has 1 aromatic rings. The minimum Gasteiger partial charge on any atom is -0.313 e. The van der Waals surface area contributed by atoms with Crippen molar-refractivity contribution >= 4 is 11.3 Å². The van der Waals surface area contributed by atoms with E-state index in [1.807, 2.05) is 0 Å². The maximum atomic E-state index is 3.55. The molecular formula is C12H22N2S. The largest absolute Gasteiger partial charge is 0.313 e. The van der Waals surface area contributed by atoms with Crippen LogP contribution in [0.1, 0.15) is 19.4 Å². The summed E-state index contributed by atoms with van der Waals surface area (Å²) in [5.41, 5.74) is 1.45. The molecule has 3 heteroatoms. The van der Waals surface area contributed by atoms with Crippen molar-refractivity contribution < 1.29 is 0 Å². The fraction of sp³-hybridized carbons (Fsp3) is 0.667. The van der Waals surface area contributed by atoms with E-state index in [1.165, 1.54) is 5.56 Å². The molecule has 15 heavy (non-hydrogen) atoms. The summed E-state index contributed by atoms with van der Waals surface area (Å²) in [6.07, 6.45) is 1.14. The third-order valence-electron chi connectivity index (χ3n) is 2.61. The fourth-order valence-corrected chi connectivity index (χ4v) is 2.26. The second-order valence-corrected chi connectivity index (χ2v) is 4.87. The summed E-state index contributed by atoms with van der Waals surface area (Å²) < 4.78 is 0. The zero-order chi connectivity index (χ0) is 11.1. The van der Waals surface area contributed by atoms with E-state index in [1.54, 1.807) is 11.3 Å². The Morgan fingerprint density at radius 2 is 2.33 bits per heavy atom. The molecule has 1 heterocycles. The van der Waals surface area contributed by atoms with Crippen LogP contribution in [0, 0.1) is 0 Å². The van der Waals surface area contributed by atoms with Crippen LogP contribution in [0.5, 0.6) is 0 Å². The van der Waals surface area contributed by atoms with Gasteiger partial charge in [0.25, 0.3) is 0 Å². The van der Waals surface area contributed by atoms with Crippen LogP contribution in [0.25, 0.3) is 0 Å². The Bertz CT molecular complexity index is 246. The van der Waals surface area contributed by atoms with Gasteiger partial charge in [0.15, 0.2) is 0 Å². The summed E-state index contributed by atoms with van der Waals surface area (Å²) in [7, 11) is 2.16. The van der Waals surface area contributed by atoms with Crippen molar-refractivity contribution in [3.05, 3.63) is 22.4 Å². The Hall–Kier alpha value is -0.380. The summed E-state index contributed by atoms with van der Waals surface area (Å²) in [6.45, 7) is 7.77. The molecular weight excluding hydrogens is 204 g/mol. The zero-order valence-corrected chi connectivity index (χ0v) is 10.8. The predicted molar refractivity (Wildman–Crippen MR) is 68.7 cm³/mol. The molecule has 0 saturated heterocycles. The standard InChI is InChI=1S/C12H22N2S/c1-4-14(3)9-11(2)13-7-5-12-6-8-15-10-12/h6,8,10-11,13H,4-5,7,9H2,1-3H3. The van der Waals surface area contributed by atoms with Crippen molar-refractivity contribution in [2.45, 2.75) is 26.3 Å². The molecule has 0 radical (unpaired) electrons. The maximum Gasteiger partial charge on any atom is 0.0166 e. The van der Waals surface area contributed by atoms with Gasteiger partial charge in [-0.15, -0.1) is 0 Å². The van der Waals surface area contributed by atoms with Crippen LogP contribution in [0.3, 0.4) is 0 Å². The number of hydrogen-bond acceptors (Lipinski definition) is 3. The van der Waals surface area contributed by atoms with E-state index in [4.69, 9.17) is 0 Å². The van der Waals surface area contributed by atoms with Crippen LogP contribution in [-0.4, -0.2) is 37.6 Å². The number of thiophene rings is 1. The monoisotopic (exact) mass is 226 g/mol. The fourth-order valence-electron chi connectivity index (χ4n) is 1.56. The highest BCUT2D eigenvalue weighted by molar-refractivity contribution is 7.07. The van der Waals surface area contributed by atoms with Crippen molar-refractivity contribution in [3.63, 3.8) is 0 Å². The van der Waals surface area contributed by atoms with E-state index in [0.717, 1.165) is 26.1 Å². The van der Waals surface area contributed by atoms with E-state index in [2.05, 4.69) is 47.9 Å². The molecule has 1 atom stereocenters. The molecule has 0 bridgehead atoms. The maximum absolute atomic E-state index is 3.55. The quantitative estimate of drug-likeness (QED) is 0.767. The first-order valence-corrected chi connectivity index (χ1v) is 6.59.